The molecule has 0 saturated heterocycles. The van der Waals surface area contributed by atoms with Crippen LogP contribution < -0.4 is 15.6 Å². The zero-order chi connectivity index (χ0) is 19.4. The first-order chi connectivity index (χ1) is 12.9. The fourth-order valence-electron chi connectivity index (χ4n) is 3.07. The molecule has 0 radical (unpaired) electrons. The van der Waals surface area contributed by atoms with Gasteiger partial charge in [0.05, 0.1) is 4.90 Å². The van der Waals surface area contributed by atoms with Crippen LogP contribution in [0.25, 0.3) is 0 Å². The third-order valence-electron chi connectivity index (χ3n) is 4.60. The molecule has 1 aromatic heterocycles. The minimum Gasteiger partial charge on any atom is -0.352 e. The Labute approximate surface area is 158 Å². The van der Waals surface area contributed by atoms with Crippen molar-refractivity contribution in [1.82, 2.24) is 15.0 Å². The van der Waals surface area contributed by atoms with Gasteiger partial charge in [0.1, 0.15) is 5.56 Å². The van der Waals surface area contributed by atoms with E-state index >= 15 is 0 Å². The summed E-state index contributed by atoms with van der Waals surface area (Å²) in [5.74, 6) is -0.438. The molecule has 7 nitrogen and oxygen atoms in total. The molecule has 1 heterocycles. The highest BCUT2D eigenvalue weighted by molar-refractivity contribution is 7.89. The van der Waals surface area contributed by atoms with E-state index in [9.17, 15) is 18.0 Å². The number of pyridine rings is 1. The number of hydrogen-bond acceptors (Lipinski definition) is 4. The molecular formula is C19H23N3O4S. The van der Waals surface area contributed by atoms with Crippen LogP contribution in [0.15, 0.2) is 40.0 Å². The van der Waals surface area contributed by atoms with Gasteiger partial charge >= 0.3 is 0 Å². The zero-order valence-corrected chi connectivity index (χ0v) is 16.0. The summed E-state index contributed by atoms with van der Waals surface area (Å²) < 4.78 is 26.8. The summed E-state index contributed by atoms with van der Waals surface area (Å²) in [7, 11) is -3.56. The smallest absolute Gasteiger partial charge is 0.261 e. The summed E-state index contributed by atoms with van der Waals surface area (Å²) in [6.07, 6.45) is 3.11. The lowest BCUT2D eigenvalue weighted by Gasteiger charge is -2.08. The molecule has 1 aromatic carbocycles. The Morgan fingerprint density at radius 3 is 2.63 bits per heavy atom. The lowest BCUT2D eigenvalue weighted by Crippen LogP contribution is -2.33. The standard InChI is InChI=1S/C19H23N3O4S/c1-13-6-8-15(9-7-13)27(25,26)21-11-3-10-20-18(23)16-12-14-4-2-5-17(14)22-19(16)24/h6-9,12,21H,2-5,10-11H2,1H3,(H,20,23)(H,22,24). The van der Waals surface area contributed by atoms with Gasteiger partial charge in [0.15, 0.2) is 0 Å². The average Bonchev–Trinajstić information content (AvgIpc) is 3.08. The lowest BCUT2D eigenvalue weighted by molar-refractivity contribution is 0.0952. The molecule has 2 aromatic rings. The van der Waals surface area contributed by atoms with Crippen LogP contribution >= 0.6 is 0 Å². The lowest BCUT2D eigenvalue weighted by atomic mass is 10.1. The molecule has 1 amide bonds. The topological polar surface area (TPSA) is 108 Å². The molecule has 0 spiro atoms. The van der Waals surface area contributed by atoms with Crippen LogP contribution in [0, 0.1) is 6.92 Å². The van der Waals surface area contributed by atoms with E-state index in [4.69, 9.17) is 0 Å². The molecule has 0 atom stereocenters. The molecular weight excluding hydrogens is 366 g/mol. The van der Waals surface area contributed by atoms with E-state index < -0.39 is 15.9 Å². The highest BCUT2D eigenvalue weighted by atomic mass is 32.2. The first kappa shape index (κ1) is 19.3. The number of amides is 1. The van der Waals surface area contributed by atoms with Crippen molar-refractivity contribution in [3.8, 4) is 0 Å². The highest BCUT2D eigenvalue weighted by Crippen LogP contribution is 2.18. The van der Waals surface area contributed by atoms with E-state index in [0.717, 1.165) is 36.1 Å². The van der Waals surface area contributed by atoms with E-state index in [1.54, 1.807) is 30.3 Å². The second-order valence-electron chi connectivity index (χ2n) is 6.69. The molecule has 0 unspecified atom stereocenters. The van der Waals surface area contributed by atoms with Crippen molar-refractivity contribution in [3.05, 3.63) is 63.1 Å². The predicted molar refractivity (Wildman–Crippen MR) is 102 cm³/mol. The number of rotatable bonds is 7. The average molecular weight is 389 g/mol. The number of aromatic amines is 1. The van der Waals surface area contributed by atoms with Crippen molar-refractivity contribution in [2.75, 3.05) is 13.1 Å². The van der Waals surface area contributed by atoms with E-state index in [1.807, 2.05) is 6.92 Å². The van der Waals surface area contributed by atoms with Crippen LogP contribution in [-0.2, 0) is 22.9 Å². The molecule has 0 aliphatic heterocycles. The molecule has 1 aliphatic carbocycles. The van der Waals surface area contributed by atoms with Gasteiger partial charge in [0, 0.05) is 18.8 Å². The van der Waals surface area contributed by atoms with Crippen LogP contribution in [0.2, 0.25) is 0 Å². The summed E-state index contributed by atoms with van der Waals surface area (Å²) in [4.78, 5) is 27.2. The number of carbonyl (C=O) groups excluding carboxylic acids is 1. The zero-order valence-electron chi connectivity index (χ0n) is 15.2. The van der Waals surface area contributed by atoms with Crippen LogP contribution in [-0.4, -0.2) is 32.4 Å². The van der Waals surface area contributed by atoms with Crippen molar-refractivity contribution in [2.24, 2.45) is 0 Å². The third-order valence-corrected chi connectivity index (χ3v) is 6.07. The van der Waals surface area contributed by atoms with Gasteiger partial charge in [-0.1, -0.05) is 17.7 Å². The predicted octanol–water partition coefficient (Wildman–Crippen LogP) is 1.27. The summed E-state index contributed by atoms with van der Waals surface area (Å²) >= 11 is 0. The van der Waals surface area contributed by atoms with Crippen LogP contribution in [0.1, 0.15) is 40.0 Å². The summed E-state index contributed by atoms with van der Waals surface area (Å²) in [6, 6.07) is 8.25. The molecule has 0 saturated carbocycles. The molecule has 8 heteroatoms. The SMILES string of the molecule is Cc1ccc(S(=O)(=O)NCCCNC(=O)c2cc3c([nH]c2=O)CCC3)cc1. The van der Waals surface area contributed by atoms with Gasteiger partial charge in [-0.2, -0.15) is 0 Å². The molecule has 144 valence electrons. The van der Waals surface area contributed by atoms with Gasteiger partial charge in [-0.15, -0.1) is 0 Å². The Kier molecular flexibility index (Phi) is 5.76. The third kappa shape index (κ3) is 4.64. The number of sulfonamides is 1. The monoisotopic (exact) mass is 389 g/mol. The number of hydrogen-bond donors (Lipinski definition) is 3. The van der Waals surface area contributed by atoms with E-state index in [1.165, 1.54) is 0 Å². The van der Waals surface area contributed by atoms with Gasteiger partial charge in [0.25, 0.3) is 11.5 Å². The first-order valence-electron chi connectivity index (χ1n) is 8.96. The first-order valence-corrected chi connectivity index (χ1v) is 10.4. The number of aromatic nitrogens is 1. The fraction of sp³-hybridized carbons (Fsp3) is 0.368. The molecule has 3 rings (SSSR count). The van der Waals surface area contributed by atoms with Crippen LogP contribution in [0.4, 0.5) is 0 Å². The van der Waals surface area contributed by atoms with Gasteiger partial charge in [-0.25, -0.2) is 13.1 Å². The second-order valence-corrected chi connectivity index (χ2v) is 8.46. The van der Waals surface area contributed by atoms with E-state index in [0.29, 0.717) is 6.42 Å². The molecule has 1 aliphatic rings. The van der Waals surface area contributed by atoms with Gasteiger partial charge in [-0.05, 0) is 56.4 Å². The Bertz CT molecular complexity index is 995. The summed E-state index contributed by atoms with van der Waals surface area (Å²) in [5, 5.41) is 2.67. The largest absolute Gasteiger partial charge is 0.352 e. The number of H-pyrrole nitrogens is 1. The normalized spacial score (nSPS) is 13.4. The van der Waals surface area contributed by atoms with Crippen LogP contribution in [0.5, 0.6) is 0 Å². The molecule has 0 fully saturated rings. The van der Waals surface area contributed by atoms with Crippen molar-refractivity contribution >= 4 is 15.9 Å². The van der Waals surface area contributed by atoms with Crippen molar-refractivity contribution in [3.63, 3.8) is 0 Å². The molecule has 27 heavy (non-hydrogen) atoms. The van der Waals surface area contributed by atoms with Crippen molar-refractivity contribution < 1.29 is 13.2 Å². The number of carbonyl (C=O) groups is 1. The fourth-order valence-corrected chi connectivity index (χ4v) is 4.15. The van der Waals surface area contributed by atoms with E-state index in [2.05, 4.69) is 15.0 Å². The van der Waals surface area contributed by atoms with Crippen molar-refractivity contribution in [2.45, 2.75) is 37.5 Å². The summed E-state index contributed by atoms with van der Waals surface area (Å²) in [6.45, 7) is 2.35. The minimum absolute atomic E-state index is 0.107. The number of benzene rings is 1. The number of nitrogens with one attached hydrogen (secondary N) is 3. The Hall–Kier alpha value is -2.45. The van der Waals surface area contributed by atoms with Gasteiger partial charge in [0.2, 0.25) is 10.0 Å². The van der Waals surface area contributed by atoms with Gasteiger partial charge in [-0.3, -0.25) is 9.59 Å². The Morgan fingerprint density at radius 1 is 1.15 bits per heavy atom. The van der Waals surface area contributed by atoms with E-state index in [-0.39, 0.29) is 29.1 Å². The molecule has 3 N–H and O–H groups in total. The Balaban J connectivity index is 1.48. The maximum atomic E-state index is 12.2. The number of aryl methyl sites for hydroxylation is 3. The quantitative estimate of drug-likeness (QED) is 0.620. The number of fused-ring (bicyclic) bond motifs is 1. The molecule has 0 bridgehead atoms. The van der Waals surface area contributed by atoms with Gasteiger partial charge < -0.3 is 10.3 Å². The maximum Gasteiger partial charge on any atom is 0.261 e. The van der Waals surface area contributed by atoms with Crippen molar-refractivity contribution in [1.29, 1.82) is 0 Å². The Morgan fingerprint density at radius 2 is 1.89 bits per heavy atom. The second kappa shape index (κ2) is 8.06. The van der Waals surface area contributed by atoms with Crippen LogP contribution in [0.3, 0.4) is 0 Å². The summed E-state index contributed by atoms with van der Waals surface area (Å²) in [5.41, 5.74) is 2.65. The highest BCUT2D eigenvalue weighted by Gasteiger charge is 2.18. The maximum absolute atomic E-state index is 12.2. The minimum atomic E-state index is -3.56.